The number of aryl methyl sites for hydroxylation is 1. The second kappa shape index (κ2) is 3.65. The second-order valence-corrected chi connectivity index (χ2v) is 4.52. The van der Waals surface area contributed by atoms with Crippen LogP contribution in [-0.4, -0.2) is 24.7 Å². The monoisotopic (exact) mass is 223 g/mol. The molecule has 13 heavy (non-hydrogen) atoms. The smallest absolute Gasteiger partial charge is 0.245 e. The van der Waals surface area contributed by atoms with Gasteiger partial charge in [-0.05, 0) is 0 Å². The molecule has 7 heteroatoms. The van der Waals surface area contributed by atoms with Crippen molar-refractivity contribution in [1.82, 2.24) is 14.5 Å². The van der Waals surface area contributed by atoms with E-state index in [2.05, 4.69) is 9.82 Å². The molecule has 0 saturated heterocycles. The Morgan fingerprint density at radius 3 is 2.69 bits per heavy atom. The zero-order chi connectivity index (χ0) is 10.1. The molecule has 1 rings (SSSR count). The highest BCUT2D eigenvalue weighted by Gasteiger charge is 2.19. The minimum atomic E-state index is -3.49. The molecule has 0 radical (unpaired) electrons. The van der Waals surface area contributed by atoms with E-state index in [1.165, 1.54) is 10.9 Å². The molecule has 1 heterocycles. The van der Waals surface area contributed by atoms with Crippen molar-refractivity contribution in [2.45, 2.75) is 11.8 Å². The number of sulfonamides is 1. The molecule has 5 nitrogen and oxygen atoms in total. The zero-order valence-corrected chi connectivity index (χ0v) is 8.85. The fourth-order valence-electron chi connectivity index (χ4n) is 0.850. The first-order valence-corrected chi connectivity index (χ1v) is 5.52. The highest BCUT2D eigenvalue weighted by Crippen LogP contribution is 2.18. The molecule has 0 bridgehead atoms. The second-order valence-electron chi connectivity index (χ2n) is 2.42. The van der Waals surface area contributed by atoms with Crippen molar-refractivity contribution in [3.8, 4) is 0 Å². The molecule has 0 spiro atoms. The third-order valence-corrected chi connectivity index (χ3v) is 3.57. The van der Waals surface area contributed by atoms with Crippen molar-refractivity contribution in [2.75, 3.05) is 6.54 Å². The van der Waals surface area contributed by atoms with Gasteiger partial charge in [0.15, 0.2) is 0 Å². The summed E-state index contributed by atoms with van der Waals surface area (Å²) in [5, 5.41) is 3.84. The summed E-state index contributed by atoms with van der Waals surface area (Å²) in [6, 6.07) is 0. The van der Waals surface area contributed by atoms with E-state index >= 15 is 0 Å². The summed E-state index contributed by atoms with van der Waals surface area (Å²) in [4.78, 5) is 0.0125. The normalized spacial score (nSPS) is 11.9. The molecule has 0 aromatic carbocycles. The number of rotatable bonds is 3. The molecule has 0 aliphatic heterocycles. The average Bonchev–Trinajstić information content (AvgIpc) is 2.33. The standard InChI is InChI=1S/C6H10ClN3O2S/c1-3-9-13(11,12)5-4-8-10(2)6(5)7/h4,9H,3H2,1-2H3. The molecule has 0 atom stereocenters. The lowest BCUT2D eigenvalue weighted by molar-refractivity contribution is 0.584. The van der Waals surface area contributed by atoms with E-state index in [-0.39, 0.29) is 10.0 Å². The van der Waals surface area contributed by atoms with E-state index < -0.39 is 10.0 Å². The molecule has 0 saturated carbocycles. The van der Waals surface area contributed by atoms with Gasteiger partial charge in [-0.3, -0.25) is 4.68 Å². The maximum absolute atomic E-state index is 11.4. The number of halogens is 1. The van der Waals surface area contributed by atoms with Crippen LogP contribution in [0.2, 0.25) is 5.15 Å². The topological polar surface area (TPSA) is 64.0 Å². The number of hydrogen-bond donors (Lipinski definition) is 1. The van der Waals surface area contributed by atoms with Crippen LogP contribution in [0.25, 0.3) is 0 Å². The molecular formula is C6H10ClN3O2S. The maximum Gasteiger partial charge on any atom is 0.245 e. The highest BCUT2D eigenvalue weighted by molar-refractivity contribution is 7.89. The van der Waals surface area contributed by atoms with Crippen LogP contribution in [0, 0.1) is 0 Å². The average molecular weight is 224 g/mol. The predicted octanol–water partition coefficient (Wildman–Crippen LogP) is 0.372. The molecule has 1 aromatic rings. The molecule has 0 unspecified atom stereocenters. The van der Waals surface area contributed by atoms with Crippen LogP contribution in [0.3, 0.4) is 0 Å². The summed E-state index contributed by atoms with van der Waals surface area (Å²) in [5.41, 5.74) is 0. The number of nitrogens with zero attached hydrogens (tertiary/aromatic N) is 2. The Bertz CT molecular complexity index is 398. The lowest BCUT2D eigenvalue weighted by atomic mass is 10.7. The van der Waals surface area contributed by atoms with Crippen LogP contribution < -0.4 is 4.72 Å². The van der Waals surface area contributed by atoms with E-state index in [4.69, 9.17) is 11.6 Å². The number of nitrogens with one attached hydrogen (secondary N) is 1. The third-order valence-electron chi connectivity index (χ3n) is 1.46. The summed E-state index contributed by atoms with van der Waals surface area (Å²) in [7, 11) is -1.91. The number of hydrogen-bond acceptors (Lipinski definition) is 3. The van der Waals surface area contributed by atoms with E-state index in [9.17, 15) is 8.42 Å². The van der Waals surface area contributed by atoms with E-state index in [1.807, 2.05) is 0 Å². The fraction of sp³-hybridized carbons (Fsp3) is 0.500. The summed E-state index contributed by atoms with van der Waals surface area (Å²) in [6.45, 7) is 2.02. The Morgan fingerprint density at radius 2 is 2.31 bits per heavy atom. The molecular weight excluding hydrogens is 214 g/mol. The van der Waals surface area contributed by atoms with E-state index in [0.29, 0.717) is 6.54 Å². The maximum atomic E-state index is 11.4. The van der Waals surface area contributed by atoms with Crippen LogP contribution in [0.1, 0.15) is 6.92 Å². The van der Waals surface area contributed by atoms with Crippen LogP contribution in [0.15, 0.2) is 11.1 Å². The van der Waals surface area contributed by atoms with Gasteiger partial charge in [-0.25, -0.2) is 13.1 Å². The van der Waals surface area contributed by atoms with Gasteiger partial charge in [-0.2, -0.15) is 5.10 Å². The van der Waals surface area contributed by atoms with Crippen molar-refractivity contribution in [3.05, 3.63) is 11.3 Å². The van der Waals surface area contributed by atoms with Crippen LogP contribution >= 0.6 is 11.6 Å². The summed E-state index contributed by atoms with van der Waals surface area (Å²) >= 11 is 5.71. The van der Waals surface area contributed by atoms with Gasteiger partial charge in [0, 0.05) is 13.6 Å². The van der Waals surface area contributed by atoms with E-state index in [1.54, 1.807) is 14.0 Å². The van der Waals surface area contributed by atoms with Crippen molar-refractivity contribution in [3.63, 3.8) is 0 Å². The van der Waals surface area contributed by atoms with Gasteiger partial charge in [0.05, 0.1) is 6.20 Å². The summed E-state index contributed by atoms with van der Waals surface area (Å²) in [6.07, 6.45) is 1.22. The lowest BCUT2D eigenvalue weighted by Gasteiger charge is -2.01. The van der Waals surface area contributed by atoms with Gasteiger partial charge in [0.1, 0.15) is 10.0 Å². The van der Waals surface area contributed by atoms with Gasteiger partial charge in [-0.15, -0.1) is 0 Å². The van der Waals surface area contributed by atoms with Gasteiger partial charge < -0.3 is 0 Å². The van der Waals surface area contributed by atoms with Crippen molar-refractivity contribution in [1.29, 1.82) is 0 Å². The van der Waals surface area contributed by atoms with Crippen LogP contribution in [0.4, 0.5) is 0 Å². The Morgan fingerprint density at radius 1 is 1.69 bits per heavy atom. The molecule has 74 valence electrons. The number of aromatic nitrogens is 2. The van der Waals surface area contributed by atoms with Gasteiger partial charge in [0.2, 0.25) is 10.0 Å². The Labute approximate surface area is 81.7 Å². The first-order chi connectivity index (χ1) is 5.99. The van der Waals surface area contributed by atoms with Gasteiger partial charge in [0.25, 0.3) is 0 Å². The molecule has 0 aliphatic carbocycles. The first-order valence-electron chi connectivity index (χ1n) is 3.66. The SMILES string of the molecule is CCNS(=O)(=O)c1cnn(C)c1Cl. The van der Waals surface area contributed by atoms with Crippen LogP contribution in [-0.2, 0) is 17.1 Å². The quantitative estimate of drug-likeness (QED) is 0.806. The molecule has 0 amide bonds. The summed E-state index contributed by atoms with van der Waals surface area (Å²) in [5.74, 6) is 0. The molecule has 0 fully saturated rings. The van der Waals surface area contributed by atoms with Crippen LogP contribution in [0.5, 0.6) is 0 Å². The highest BCUT2D eigenvalue weighted by atomic mass is 35.5. The van der Waals surface area contributed by atoms with Crippen molar-refractivity contribution >= 4 is 21.6 Å². The molecule has 1 N–H and O–H groups in total. The third kappa shape index (κ3) is 2.01. The lowest BCUT2D eigenvalue weighted by Crippen LogP contribution is -2.23. The van der Waals surface area contributed by atoms with Gasteiger partial charge >= 0.3 is 0 Å². The zero-order valence-electron chi connectivity index (χ0n) is 7.28. The van der Waals surface area contributed by atoms with E-state index in [0.717, 1.165) is 0 Å². The minimum Gasteiger partial charge on any atom is -0.256 e. The van der Waals surface area contributed by atoms with Crippen molar-refractivity contribution < 1.29 is 8.42 Å². The Balaban J connectivity index is 3.15. The Hall–Kier alpha value is -0.590. The molecule has 1 aromatic heterocycles. The first kappa shape index (κ1) is 10.5. The summed E-state index contributed by atoms with van der Waals surface area (Å²) < 4.78 is 26.5. The Kier molecular flexibility index (Phi) is 2.94. The van der Waals surface area contributed by atoms with Gasteiger partial charge in [-0.1, -0.05) is 18.5 Å². The molecule has 0 aliphatic rings. The minimum absolute atomic E-state index is 0.0125. The van der Waals surface area contributed by atoms with Crippen molar-refractivity contribution in [2.24, 2.45) is 7.05 Å². The predicted molar refractivity (Wildman–Crippen MR) is 49.1 cm³/mol. The fourth-order valence-corrected chi connectivity index (χ4v) is 2.32. The largest absolute Gasteiger partial charge is 0.256 e.